The molecule has 1 aromatic carbocycles. The number of nitriles is 1. The first-order valence-corrected chi connectivity index (χ1v) is 5.03. The predicted octanol–water partition coefficient (Wildman–Crippen LogP) is 2.92. The van der Waals surface area contributed by atoms with Crippen LogP contribution in [-0.2, 0) is 5.41 Å². The van der Waals surface area contributed by atoms with Crippen molar-refractivity contribution in [2.75, 3.05) is 0 Å². The lowest BCUT2D eigenvalue weighted by atomic mass is 9.63. The fourth-order valence-electron chi connectivity index (χ4n) is 2.13. The van der Waals surface area contributed by atoms with Gasteiger partial charge in [0, 0.05) is 18.9 Å². The molecule has 0 unspecified atom stereocenters. The van der Waals surface area contributed by atoms with Crippen LogP contribution < -0.4 is 0 Å². The normalized spacial score (nSPS) is 19.7. The first-order valence-electron chi connectivity index (χ1n) is 5.03. The van der Waals surface area contributed by atoms with Crippen molar-refractivity contribution in [3.63, 3.8) is 0 Å². The third-order valence-electron chi connectivity index (χ3n) is 3.03. The Morgan fingerprint density at radius 3 is 2.44 bits per heavy atom. The molecule has 4 nitrogen and oxygen atoms in total. The molecule has 94 valence electrons. The van der Waals surface area contributed by atoms with Crippen LogP contribution in [0.5, 0.6) is 0 Å². The van der Waals surface area contributed by atoms with Crippen LogP contribution in [0.1, 0.15) is 18.4 Å². The zero-order valence-electron chi connectivity index (χ0n) is 8.99. The summed E-state index contributed by atoms with van der Waals surface area (Å²) in [4.78, 5) is 9.61. The Hall–Kier alpha value is -2.10. The minimum absolute atomic E-state index is 0.0593. The maximum absolute atomic E-state index is 13.1. The Labute approximate surface area is 99.8 Å². The summed E-state index contributed by atoms with van der Waals surface area (Å²) in [6.07, 6.45) is -1.39. The van der Waals surface area contributed by atoms with Crippen molar-refractivity contribution in [3.05, 3.63) is 39.7 Å². The van der Waals surface area contributed by atoms with Gasteiger partial charge in [0.2, 0.25) is 5.82 Å². The standard InChI is InChI=1S/C11H7F3N2O2/c12-8-2-1-7(3-9(8)16(17)18)10(6-15)4-11(13,14)5-10/h1-3H,4-5H2. The Bertz CT molecular complexity index is 558. The molecule has 0 radical (unpaired) electrons. The Morgan fingerprint density at radius 1 is 1.39 bits per heavy atom. The number of rotatable bonds is 2. The van der Waals surface area contributed by atoms with Crippen LogP contribution >= 0.6 is 0 Å². The van der Waals surface area contributed by atoms with Crippen LogP contribution in [0.3, 0.4) is 0 Å². The van der Waals surface area contributed by atoms with Crippen molar-refractivity contribution < 1.29 is 18.1 Å². The Balaban J connectivity index is 2.44. The van der Waals surface area contributed by atoms with Crippen molar-refractivity contribution in [1.82, 2.24) is 0 Å². The van der Waals surface area contributed by atoms with E-state index in [1.54, 1.807) is 6.07 Å². The van der Waals surface area contributed by atoms with Gasteiger partial charge in [0.25, 0.3) is 5.92 Å². The SMILES string of the molecule is N#CC1(c2ccc(F)c([N+](=O)[O-])c2)CC(F)(F)C1. The van der Waals surface area contributed by atoms with E-state index in [-0.39, 0.29) is 5.56 Å². The van der Waals surface area contributed by atoms with Crippen LogP contribution in [0.15, 0.2) is 18.2 Å². The van der Waals surface area contributed by atoms with E-state index in [4.69, 9.17) is 5.26 Å². The zero-order chi connectivity index (χ0) is 13.6. The molecule has 1 saturated carbocycles. The number of nitrogens with zero attached hydrogens (tertiary/aromatic N) is 2. The lowest BCUT2D eigenvalue weighted by Crippen LogP contribution is -2.48. The molecule has 0 heterocycles. The van der Waals surface area contributed by atoms with Gasteiger partial charge in [0.05, 0.1) is 16.4 Å². The summed E-state index contributed by atoms with van der Waals surface area (Å²) >= 11 is 0. The van der Waals surface area contributed by atoms with Gasteiger partial charge < -0.3 is 0 Å². The monoisotopic (exact) mass is 256 g/mol. The molecule has 1 aromatic rings. The van der Waals surface area contributed by atoms with E-state index in [1.165, 1.54) is 0 Å². The molecule has 1 aliphatic rings. The van der Waals surface area contributed by atoms with E-state index in [1.807, 2.05) is 0 Å². The van der Waals surface area contributed by atoms with E-state index in [9.17, 15) is 23.3 Å². The summed E-state index contributed by atoms with van der Waals surface area (Å²) in [6, 6.07) is 4.56. The number of hydrogen-bond donors (Lipinski definition) is 0. The average molecular weight is 256 g/mol. The molecule has 0 aromatic heterocycles. The molecule has 2 rings (SSSR count). The van der Waals surface area contributed by atoms with Crippen molar-refractivity contribution in [1.29, 1.82) is 5.26 Å². The number of nitro benzene ring substituents is 1. The van der Waals surface area contributed by atoms with Crippen LogP contribution in [0, 0.1) is 27.3 Å². The van der Waals surface area contributed by atoms with Crippen LogP contribution in [0.25, 0.3) is 0 Å². The van der Waals surface area contributed by atoms with E-state index in [0.29, 0.717) is 0 Å². The van der Waals surface area contributed by atoms with E-state index < -0.39 is 40.6 Å². The fraction of sp³-hybridized carbons (Fsp3) is 0.364. The number of benzene rings is 1. The number of nitro groups is 1. The highest BCUT2D eigenvalue weighted by atomic mass is 19.3. The first-order chi connectivity index (χ1) is 8.30. The summed E-state index contributed by atoms with van der Waals surface area (Å²) in [5.41, 5.74) is -2.21. The molecule has 0 saturated heterocycles. The van der Waals surface area contributed by atoms with E-state index in [2.05, 4.69) is 0 Å². The molecule has 0 bridgehead atoms. The third kappa shape index (κ3) is 1.79. The van der Waals surface area contributed by atoms with Crippen LogP contribution in [0.4, 0.5) is 18.9 Å². The van der Waals surface area contributed by atoms with Crippen LogP contribution in [-0.4, -0.2) is 10.8 Å². The Kier molecular flexibility index (Phi) is 2.54. The first kappa shape index (κ1) is 12.4. The van der Waals surface area contributed by atoms with Gasteiger partial charge in [-0.25, -0.2) is 8.78 Å². The summed E-state index contributed by atoms with van der Waals surface area (Å²) in [5, 5.41) is 19.5. The number of alkyl halides is 2. The van der Waals surface area contributed by atoms with Gasteiger partial charge in [-0.05, 0) is 11.6 Å². The second-order valence-corrected chi connectivity index (χ2v) is 4.33. The summed E-state index contributed by atoms with van der Waals surface area (Å²) < 4.78 is 38.9. The van der Waals surface area contributed by atoms with Crippen molar-refractivity contribution in [3.8, 4) is 6.07 Å². The maximum Gasteiger partial charge on any atom is 0.305 e. The number of halogens is 3. The van der Waals surface area contributed by atoms with Crippen molar-refractivity contribution >= 4 is 5.69 Å². The minimum atomic E-state index is -2.95. The van der Waals surface area contributed by atoms with Gasteiger partial charge >= 0.3 is 5.69 Å². The maximum atomic E-state index is 13.1. The minimum Gasteiger partial charge on any atom is -0.258 e. The summed E-state index contributed by atoms with van der Waals surface area (Å²) in [7, 11) is 0. The molecule has 0 spiro atoms. The molecule has 0 atom stereocenters. The molecular formula is C11H7F3N2O2. The molecule has 7 heteroatoms. The summed E-state index contributed by atoms with van der Waals surface area (Å²) in [6.45, 7) is 0. The highest BCUT2D eigenvalue weighted by molar-refractivity contribution is 5.45. The second-order valence-electron chi connectivity index (χ2n) is 4.33. The topological polar surface area (TPSA) is 66.9 Å². The van der Waals surface area contributed by atoms with Gasteiger partial charge in [0.1, 0.15) is 0 Å². The lowest BCUT2D eigenvalue weighted by molar-refractivity contribution is -0.387. The highest BCUT2D eigenvalue weighted by Gasteiger charge is 2.58. The number of hydrogen-bond acceptors (Lipinski definition) is 3. The highest BCUT2D eigenvalue weighted by Crippen LogP contribution is 2.53. The fourth-order valence-corrected chi connectivity index (χ4v) is 2.13. The van der Waals surface area contributed by atoms with Gasteiger partial charge in [-0.3, -0.25) is 10.1 Å². The molecule has 0 N–H and O–H groups in total. The van der Waals surface area contributed by atoms with Crippen molar-refractivity contribution in [2.45, 2.75) is 24.2 Å². The molecule has 0 aliphatic heterocycles. The molecule has 1 fully saturated rings. The van der Waals surface area contributed by atoms with E-state index >= 15 is 0 Å². The van der Waals surface area contributed by atoms with Gasteiger partial charge in [-0.1, -0.05) is 6.07 Å². The van der Waals surface area contributed by atoms with Gasteiger partial charge in [-0.2, -0.15) is 9.65 Å². The summed E-state index contributed by atoms with van der Waals surface area (Å²) in [5.74, 6) is -4.00. The second kappa shape index (κ2) is 3.70. The van der Waals surface area contributed by atoms with Gasteiger partial charge in [0.15, 0.2) is 0 Å². The quantitative estimate of drug-likeness (QED) is 0.603. The van der Waals surface area contributed by atoms with E-state index in [0.717, 1.165) is 18.2 Å². The lowest BCUT2D eigenvalue weighted by Gasteiger charge is -2.42. The molecular weight excluding hydrogens is 249 g/mol. The average Bonchev–Trinajstić information content (AvgIpc) is 2.25. The molecule has 0 amide bonds. The smallest absolute Gasteiger partial charge is 0.258 e. The molecule has 1 aliphatic carbocycles. The zero-order valence-corrected chi connectivity index (χ0v) is 8.99. The van der Waals surface area contributed by atoms with Crippen LogP contribution in [0.2, 0.25) is 0 Å². The Morgan fingerprint density at radius 2 is 2.00 bits per heavy atom. The predicted molar refractivity (Wildman–Crippen MR) is 54.5 cm³/mol. The largest absolute Gasteiger partial charge is 0.305 e. The third-order valence-corrected chi connectivity index (χ3v) is 3.03. The van der Waals surface area contributed by atoms with Crippen molar-refractivity contribution in [2.24, 2.45) is 0 Å². The molecule has 18 heavy (non-hydrogen) atoms. The van der Waals surface area contributed by atoms with Gasteiger partial charge in [-0.15, -0.1) is 0 Å².